The minimum Gasteiger partial charge on any atom is -0.347 e. The van der Waals surface area contributed by atoms with E-state index >= 15 is 0 Å². The molecule has 1 aromatic rings. The van der Waals surface area contributed by atoms with Gasteiger partial charge in [-0.25, -0.2) is 0 Å². The molecule has 0 spiro atoms. The summed E-state index contributed by atoms with van der Waals surface area (Å²) in [5, 5.41) is 2.58. The Morgan fingerprint density at radius 3 is 2.88 bits per heavy atom. The number of benzene rings is 1. The van der Waals surface area contributed by atoms with Gasteiger partial charge in [-0.05, 0) is 56.7 Å². The maximum Gasteiger partial charge on any atom is 0.246 e. The molecule has 1 heterocycles. The summed E-state index contributed by atoms with van der Waals surface area (Å²) in [6, 6.07) is 5.79. The lowest BCUT2D eigenvalue weighted by Crippen LogP contribution is -2.35. The molecule has 0 atom stereocenters. The van der Waals surface area contributed by atoms with Gasteiger partial charge in [-0.3, -0.25) is 9.59 Å². The van der Waals surface area contributed by atoms with Gasteiger partial charge in [-0.15, -0.1) is 0 Å². The van der Waals surface area contributed by atoms with Gasteiger partial charge in [0.2, 0.25) is 11.8 Å². The Bertz CT molecular complexity index is 479. The maximum atomic E-state index is 11.9. The Morgan fingerprint density at radius 2 is 2.12 bits per heavy atom. The van der Waals surface area contributed by atoms with E-state index in [0.29, 0.717) is 13.0 Å². The smallest absolute Gasteiger partial charge is 0.246 e. The number of rotatable bonds is 1. The topological polar surface area (TPSA) is 49.4 Å². The zero-order chi connectivity index (χ0) is 12.4. The molecule has 90 valence electrons. The van der Waals surface area contributed by atoms with Crippen LogP contribution in [-0.2, 0) is 9.59 Å². The van der Waals surface area contributed by atoms with E-state index < -0.39 is 0 Å². The van der Waals surface area contributed by atoms with Crippen LogP contribution in [0.4, 0.5) is 5.69 Å². The van der Waals surface area contributed by atoms with E-state index in [1.165, 1.54) is 0 Å². The first-order chi connectivity index (χ1) is 8.08. The van der Waals surface area contributed by atoms with Crippen molar-refractivity contribution in [1.29, 1.82) is 0 Å². The van der Waals surface area contributed by atoms with Crippen LogP contribution in [0, 0.1) is 3.57 Å². The Hall–Kier alpha value is -0.630. The van der Waals surface area contributed by atoms with Crippen LogP contribution in [0.3, 0.4) is 0 Å². The summed E-state index contributed by atoms with van der Waals surface area (Å²) in [6.45, 7) is 0.486. The number of anilines is 1. The Balaban J connectivity index is 2.34. The van der Waals surface area contributed by atoms with Crippen molar-refractivity contribution in [2.24, 2.45) is 0 Å². The molecule has 17 heavy (non-hydrogen) atoms. The van der Waals surface area contributed by atoms with Crippen molar-refractivity contribution in [2.75, 3.05) is 18.0 Å². The molecule has 1 saturated heterocycles. The third-order valence-electron chi connectivity index (χ3n) is 2.50. The van der Waals surface area contributed by atoms with Crippen LogP contribution in [0.1, 0.15) is 6.42 Å². The lowest BCUT2D eigenvalue weighted by atomic mass is 10.2. The SMILES string of the molecule is O=C1CCN(c2cc(I)ccc2Br)C(=O)CN1. The Labute approximate surface area is 121 Å². The average Bonchev–Trinajstić information content (AvgIpc) is 2.46. The fraction of sp³-hybridized carbons (Fsp3) is 0.273. The molecule has 0 saturated carbocycles. The minimum absolute atomic E-state index is 0.0662. The Kier molecular flexibility index (Phi) is 4.03. The second-order valence-corrected chi connectivity index (χ2v) is 5.77. The molecule has 1 fully saturated rings. The molecular formula is C11H10BrIN2O2. The van der Waals surface area contributed by atoms with Crippen molar-refractivity contribution in [3.8, 4) is 0 Å². The molecule has 4 nitrogen and oxygen atoms in total. The van der Waals surface area contributed by atoms with Crippen LogP contribution in [0.5, 0.6) is 0 Å². The first-order valence-corrected chi connectivity index (χ1v) is 6.97. The summed E-state index contributed by atoms with van der Waals surface area (Å²) in [6.07, 6.45) is 0.337. The van der Waals surface area contributed by atoms with Crippen LogP contribution in [0.25, 0.3) is 0 Å². The molecule has 1 aliphatic rings. The predicted octanol–water partition coefficient (Wildman–Crippen LogP) is 1.91. The molecule has 2 amide bonds. The molecule has 0 aromatic heterocycles. The van der Waals surface area contributed by atoms with Gasteiger partial charge in [-0.1, -0.05) is 0 Å². The minimum atomic E-state index is -0.0847. The highest BCUT2D eigenvalue weighted by atomic mass is 127. The fourth-order valence-corrected chi connectivity index (χ4v) is 2.58. The zero-order valence-corrected chi connectivity index (χ0v) is 12.6. The molecule has 0 bridgehead atoms. The van der Waals surface area contributed by atoms with Gasteiger partial charge >= 0.3 is 0 Å². The van der Waals surface area contributed by atoms with Crippen LogP contribution in [0.15, 0.2) is 22.7 Å². The quantitative estimate of drug-likeness (QED) is 0.721. The Morgan fingerprint density at radius 1 is 1.35 bits per heavy atom. The van der Waals surface area contributed by atoms with Gasteiger partial charge in [0.05, 0.1) is 12.2 Å². The summed E-state index contributed by atoms with van der Waals surface area (Å²) in [5.74, 6) is -0.166. The summed E-state index contributed by atoms with van der Waals surface area (Å²) < 4.78 is 1.91. The third kappa shape index (κ3) is 2.98. The van der Waals surface area contributed by atoms with E-state index in [9.17, 15) is 9.59 Å². The monoisotopic (exact) mass is 408 g/mol. The third-order valence-corrected chi connectivity index (χ3v) is 3.84. The number of carbonyl (C=O) groups excluding carboxylic acids is 2. The van der Waals surface area contributed by atoms with Gasteiger partial charge in [-0.2, -0.15) is 0 Å². The molecule has 1 aromatic carbocycles. The van der Waals surface area contributed by atoms with Crippen molar-refractivity contribution in [2.45, 2.75) is 6.42 Å². The molecule has 1 N–H and O–H groups in total. The number of hydrogen-bond acceptors (Lipinski definition) is 2. The van der Waals surface area contributed by atoms with E-state index in [0.717, 1.165) is 13.7 Å². The fourth-order valence-electron chi connectivity index (χ4n) is 1.64. The van der Waals surface area contributed by atoms with Gasteiger partial charge in [0.25, 0.3) is 0 Å². The van der Waals surface area contributed by atoms with Gasteiger partial charge in [0, 0.05) is 21.0 Å². The van der Waals surface area contributed by atoms with Crippen molar-refractivity contribution in [3.63, 3.8) is 0 Å². The second-order valence-electron chi connectivity index (χ2n) is 3.67. The standard InChI is InChI=1S/C11H10BrIN2O2/c12-8-2-1-7(13)5-9(8)15-4-3-10(16)14-6-11(15)17/h1-2,5H,3-4,6H2,(H,14,16). The highest BCUT2D eigenvalue weighted by molar-refractivity contribution is 14.1. The highest BCUT2D eigenvalue weighted by Gasteiger charge is 2.22. The van der Waals surface area contributed by atoms with Crippen LogP contribution in [-0.4, -0.2) is 24.9 Å². The molecule has 6 heteroatoms. The summed E-state index contributed by atoms with van der Waals surface area (Å²) in [4.78, 5) is 24.8. The molecule has 2 rings (SSSR count). The summed E-state index contributed by atoms with van der Waals surface area (Å²) >= 11 is 5.63. The number of nitrogens with zero attached hydrogens (tertiary/aromatic N) is 1. The zero-order valence-electron chi connectivity index (χ0n) is 8.87. The van der Waals surface area contributed by atoms with Gasteiger partial charge in [0.15, 0.2) is 0 Å². The number of halogens is 2. The first-order valence-electron chi connectivity index (χ1n) is 5.10. The normalized spacial score (nSPS) is 16.7. The van der Waals surface area contributed by atoms with Crippen molar-refractivity contribution < 1.29 is 9.59 Å². The van der Waals surface area contributed by atoms with Gasteiger partial charge < -0.3 is 10.2 Å². The lowest BCUT2D eigenvalue weighted by Gasteiger charge is -2.21. The first kappa shape index (κ1) is 12.8. The molecule has 1 aliphatic heterocycles. The van der Waals surface area contributed by atoms with Crippen LogP contribution in [0.2, 0.25) is 0 Å². The van der Waals surface area contributed by atoms with Crippen molar-refractivity contribution in [1.82, 2.24) is 5.32 Å². The number of nitrogens with one attached hydrogen (secondary N) is 1. The summed E-state index contributed by atoms with van der Waals surface area (Å²) in [7, 11) is 0. The predicted molar refractivity (Wildman–Crippen MR) is 76.8 cm³/mol. The van der Waals surface area contributed by atoms with Crippen LogP contribution < -0.4 is 10.2 Å². The van der Waals surface area contributed by atoms with Gasteiger partial charge in [0.1, 0.15) is 0 Å². The van der Waals surface area contributed by atoms with Crippen LogP contribution >= 0.6 is 38.5 Å². The van der Waals surface area contributed by atoms with E-state index in [2.05, 4.69) is 43.8 Å². The number of carbonyl (C=O) groups is 2. The molecule has 0 unspecified atom stereocenters. The van der Waals surface area contributed by atoms with E-state index in [4.69, 9.17) is 0 Å². The van der Waals surface area contributed by atoms with E-state index in [1.54, 1.807) is 4.90 Å². The second kappa shape index (κ2) is 5.34. The van der Waals surface area contributed by atoms with E-state index in [-0.39, 0.29) is 18.4 Å². The summed E-state index contributed by atoms with van der Waals surface area (Å²) in [5.41, 5.74) is 0.818. The van der Waals surface area contributed by atoms with Crippen molar-refractivity contribution >= 4 is 56.0 Å². The maximum absolute atomic E-state index is 11.9. The molecular weight excluding hydrogens is 399 g/mol. The average molecular weight is 409 g/mol. The lowest BCUT2D eigenvalue weighted by molar-refractivity contribution is -0.123. The van der Waals surface area contributed by atoms with E-state index in [1.807, 2.05) is 18.2 Å². The highest BCUT2D eigenvalue weighted by Crippen LogP contribution is 2.28. The number of hydrogen-bond donors (Lipinski definition) is 1. The molecule has 0 radical (unpaired) electrons. The number of amides is 2. The largest absolute Gasteiger partial charge is 0.347 e. The molecule has 0 aliphatic carbocycles. The van der Waals surface area contributed by atoms with Crippen molar-refractivity contribution in [3.05, 3.63) is 26.2 Å².